The molecule has 0 aliphatic rings. The van der Waals surface area contributed by atoms with Gasteiger partial charge in [0.15, 0.2) is 0 Å². The Kier molecular flexibility index (Phi) is 5.17. The molecule has 0 atom stereocenters. The van der Waals surface area contributed by atoms with Gasteiger partial charge in [0.05, 0.1) is 5.70 Å². The molecule has 0 fully saturated rings. The normalized spacial score (nSPS) is 12.5. The van der Waals surface area contributed by atoms with Crippen LogP contribution in [0.3, 0.4) is 0 Å². The standard InChI is InChI=1S/C9H16N2/c1-5-6-11-9(7-10-4)8(2)3/h5-8,10H,1H2,2-4H3/b9-7-,11-6-. The molecule has 0 radical (unpaired) electrons. The highest BCUT2D eigenvalue weighted by atomic mass is 14.8. The van der Waals surface area contributed by atoms with Gasteiger partial charge in [0, 0.05) is 19.5 Å². The van der Waals surface area contributed by atoms with E-state index in [-0.39, 0.29) is 0 Å². The number of hydrogen-bond donors (Lipinski definition) is 1. The second-order valence-corrected chi connectivity index (χ2v) is 2.53. The Labute approximate surface area is 68.7 Å². The van der Waals surface area contributed by atoms with Gasteiger partial charge >= 0.3 is 0 Å². The average Bonchev–Trinajstić information content (AvgIpc) is 1.97. The van der Waals surface area contributed by atoms with Crippen molar-refractivity contribution in [3.05, 3.63) is 24.6 Å². The fourth-order valence-electron chi connectivity index (χ4n) is 0.640. The van der Waals surface area contributed by atoms with E-state index in [2.05, 4.69) is 30.7 Å². The number of nitrogens with one attached hydrogen (secondary N) is 1. The molecule has 0 spiro atoms. The highest BCUT2D eigenvalue weighted by molar-refractivity contribution is 5.71. The van der Waals surface area contributed by atoms with E-state index in [4.69, 9.17) is 0 Å². The molecule has 62 valence electrons. The van der Waals surface area contributed by atoms with Crippen LogP contribution < -0.4 is 5.32 Å². The molecule has 0 saturated carbocycles. The van der Waals surface area contributed by atoms with Crippen LogP contribution in [0.2, 0.25) is 0 Å². The van der Waals surface area contributed by atoms with E-state index in [0.29, 0.717) is 5.92 Å². The van der Waals surface area contributed by atoms with E-state index in [1.807, 2.05) is 13.2 Å². The largest absolute Gasteiger partial charge is 0.393 e. The lowest BCUT2D eigenvalue weighted by molar-refractivity contribution is 0.748. The second-order valence-electron chi connectivity index (χ2n) is 2.53. The average molecular weight is 152 g/mol. The van der Waals surface area contributed by atoms with Crippen molar-refractivity contribution < 1.29 is 0 Å². The zero-order chi connectivity index (χ0) is 8.69. The molecule has 0 unspecified atom stereocenters. The second kappa shape index (κ2) is 5.71. The number of aliphatic imine (C=N–C) groups is 1. The van der Waals surface area contributed by atoms with Gasteiger partial charge in [-0.3, -0.25) is 4.99 Å². The van der Waals surface area contributed by atoms with Crippen LogP contribution in [-0.2, 0) is 0 Å². The molecule has 11 heavy (non-hydrogen) atoms. The van der Waals surface area contributed by atoms with Gasteiger partial charge in [-0.05, 0) is 5.92 Å². The molecule has 0 aromatic carbocycles. The maximum Gasteiger partial charge on any atom is 0.0585 e. The van der Waals surface area contributed by atoms with Crippen molar-refractivity contribution in [1.29, 1.82) is 0 Å². The lowest BCUT2D eigenvalue weighted by atomic mass is 10.1. The maximum absolute atomic E-state index is 4.19. The van der Waals surface area contributed by atoms with E-state index in [1.165, 1.54) is 0 Å². The van der Waals surface area contributed by atoms with Gasteiger partial charge in [-0.1, -0.05) is 26.5 Å². The number of rotatable bonds is 4. The first-order valence-electron chi connectivity index (χ1n) is 3.74. The summed E-state index contributed by atoms with van der Waals surface area (Å²) >= 11 is 0. The number of allylic oxidation sites excluding steroid dienone is 2. The summed E-state index contributed by atoms with van der Waals surface area (Å²) in [6, 6.07) is 0. The fourth-order valence-corrected chi connectivity index (χ4v) is 0.640. The summed E-state index contributed by atoms with van der Waals surface area (Å²) in [6.07, 6.45) is 5.26. The van der Waals surface area contributed by atoms with Crippen LogP contribution in [0.5, 0.6) is 0 Å². The Morgan fingerprint density at radius 3 is 2.55 bits per heavy atom. The van der Waals surface area contributed by atoms with E-state index in [1.54, 1.807) is 12.3 Å². The van der Waals surface area contributed by atoms with Gasteiger partial charge in [-0.25, -0.2) is 0 Å². The molecule has 2 heteroatoms. The zero-order valence-corrected chi connectivity index (χ0v) is 7.46. The minimum atomic E-state index is 0.443. The van der Waals surface area contributed by atoms with Gasteiger partial charge in [0.1, 0.15) is 0 Å². The van der Waals surface area contributed by atoms with Crippen LogP contribution in [0.1, 0.15) is 13.8 Å². The third-order valence-electron chi connectivity index (χ3n) is 1.21. The van der Waals surface area contributed by atoms with E-state index in [9.17, 15) is 0 Å². The summed E-state index contributed by atoms with van der Waals surface area (Å²) in [7, 11) is 1.87. The third-order valence-corrected chi connectivity index (χ3v) is 1.21. The first-order valence-corrected chi connectivity index (χ1v) is 3.74. The molecule has 0 rings (SSSR count). The molecule has 1 N–H and O–H groups in total. The summed E-state index contributed by atoms with van der Waals surface area (Å²) in [6.45, 7) is 7.76. The van der Waals surface area contributed by atoms with Gasteiger partial charge in [0.25, 0.3) is 0 Å². The van der Waals surface area contributed by atoms with Gasteiger partial charge in [-0.2, -0.15) is 0 Å². The van der Waals surface area contributed by atoms with Crippen molar-refractivity contribution in [3.8, 4) is 0 Å². The van der Waals surface area contributed by atoms with Crippen LogP contribution in [-0.4, -0.2) is 13.3 Å². The van der Waals surface area contributed by atoms with Crippen LogP contribution in [0, 0.1) is 5.92 Å². The van der Waals surface area contributed by atoms with Gasteiger partial charge in [-0.15, -0.1) is 0 Å². The fraction of sp³-hybridized carbons (Fsp3) is 0.444. The first kappa shape index (κ1) is 9.95. The van der Waals surface area contributed by atoms with Crippen molar-refractivity contribution in [1.82, 2.24) is 5.32 Å². The van der Waals surface area contributed by atoms with Crippen molar-refractivity contribution in [3.63, 3.8) is 0 Å². The predicted molar refractivity (Wildman–Crippen MR) is 50.7 cm³/mol. The van der Waals surface area contributed by atoms with Gasteiger partial charge < -0.3 is 5.32 Å². The lowest BCUT2D eigenvalue weighted by Crippen LogP contribution is -2.00. The SMILES string of the molecule is C=C/C=N\C(=C/NC)C(C)C. The molecule has 0 aromatic heterocycles. The van der Waals surface area contributed by atoms with E-state index in [0.717, 1.165) is 5.70 Å². The quantitative estimate of drug-likeness (QED) is 0.612. The summed E-state index contributed by atoms with van der Waals surface area (Å²) in [5.41, 5.74) is 1.03. The monoisotopic (exact) mass is 152 g/mol. The Balaban J connectivity index is 4.22. The zero-order valence-electron chi connectivity index (χ0n) is 7.46. The highest BCUT2D eigenvalue weighted by Crippen LogP contribution is 2.08. The van der Waals surface area contributed by atoms with Crippen molar-refractivity contribution >= 4 is 6.21 Å². The Morgan fingerprint density at radius 1 is 1.55 bits per heavy atom. The Bertz CT molecular complexity index is 166. The molecule has 0 bridgehead atoms. The van der Waals surface area contributed by atoms with Crippen molar-refractivity contribution in [2.45, 2.75) is 13.8 Å². The van der Waals surface area contributed by atoms with Crippen LogP contribution in [0.4, 0.5) is 0 Å². The molecule has 0 amide bonds. The van der Waals surface area contributed by atoms with Crippen molar-refractivity contribution in [2.75, 3.05) is 7.05 Å². The number of hydrogen-bond acceptors (Lipinski definition) is 2. The molecular weight excluding hydrogens is 136 g/mol. The Hall–Kier alpha value is -1.05. The minimum Gasteiger partial charge on any atom is -0.393 e. The molecule has 0 aliphatic carbocycles. The number of nitrogens with zero attached hydrogens (tertiary/aromatic N) is 1. The summed E-state index contributed by atoms with van der Waals surface area (Å²) in [5, 5.41) is 2.95. The third kappa shape index (κ3) is 4.37. The van der Waals surface area contributed by atoms with E-state index >= 15 is 0 Å². The minimum absolute atomic E-state index is 0.443. The summed E-state index contributed by atoms with van der Waals surface area (Å²) in [4.78, 5) is 4.19. The summed E-state index contributed by atoms with van der Waals surface area (Å²) < 4.78 is 0. The smallest absolute Gasteiger partial charge is 0.0585 e. The maximum atomic E-state index is 4.19. The van der Waals surface area contributed by atoms with Crippen LogP contribution in [0.25, 0.3) is 0 Å². The van der Waals surface area contributed by atoms with Crippen molar-refractivity contribution in [2.24, 2.45) is 10.9 Å². The van der Waals surface area contributed by atoms with Crippen LogP contribution >= 0.6 is 0 Å². The van der Waals surface area contributed by atoms with E-state index < -0.39 is 0 Å². The molecule has 0 saturated heterocycles. The lowest BCUT2D eigenvalue weighted by Gasteiger charge is -2.03. The Morgan fingerprint density at radius 2 is 2.18 bits per heavy atom. The van der Waals surface area contributed by atoms with Crippen LogP contribution in [0.15, 0.2) is 29.5 Å². The molecule has 2 nitrogen and oxygen atoms in total. The molecule has 0 heterocycles. The predicted octanol–water partition coefficient (Wildman–Crippen LogP) is 1.96. The molecule has 0 aromatic rings. The summed E-state index contributed by atoms with van der Waals surface area (Å²) in [5.74, 6) is 0.443. The van der Waals surface area contributed by atoms with Gasteiger partial charge in [0.2, 0.25) is 0 Å². The molecule has 0 aliphatic heterocycles. The highest BCUT2D eigenvalue weighted by Gasteiger charge is 1.97. The first-order chi connectivity index (χ1) is 5.22. The topological polar surface area (TPSA) is 24.4 Å². The molecular formula is C9H16N2.